The van der Waals surface area contributed by atoms with E-state index in [0.717, 1.165) is 68.1 Å². The van der Waals surface area contributed by atoms with E-state index in [2.05, 4.69) is 0 Å². The van der Waals surface area contributed by atoms with Crippen LogP contribution in [0.4, 0.5) is 26.3 Å². The van der Waals surface area contributed by atoms with Crippen LogP contribution in [0, 0.1) is 34.9 Å². The Balaban J connectivity index is 1.67. The third kappa shape index (κ3) is 6.39. The van der Waals surface area contributed by atoms with Crippen LogP contribution in [0.25, 0.3) is 54.9 Å². The van der Waals surface area contributed by atoms with Gasteiger partial charge in [-0.1, -0.05) is 48.5 Å². The molecule has 6 aromatic carbocycles. The van der Waals surface area contributed by atoms with Crippen molar-refractivity contribution in [3.05, 3.63) is 131 Å². The number of fused-ring (bicyclic) bond motifs is 7. The number of nitrogens with zero attached hydrogens (tertiary/aromatic N) is 1. The molecule has 3 nitrogen and oxygen atoms in total. The minimum Gasteiger partial charge on any atom is -0.376 e. The van der Waals surface area contributed by atoms with E-state index in [4.69, 9.17) is 9.47 Å². The summed E-state index contributed by atoms with van der Waals surface area (Å²) in [5.41, 5.74) is 4.51. The molecule has 0 radical (unpaired) electrons. The number of benzene rings is 6. The molecule has 0 saturated heterocycles. The predicted molar refractivity (Wildman–Crippen MR) is 188 cm³/mol. The Bertz CT molecular complexity index is 2080. The fourth-order valence-electron chi connectivity index (χ4n) is 7.58. The zero-order valence-electron chi connectivity index (χ0n) is 28.3. The Kier molecular flexibility index (Phi) is 9.63. The van der Waals surface area contributed by atoms with Crippen LogP contribution in [-0.4, -0.2) is 44.0 Å². The molecule has 0 spiro atoms. The minimum atomic E-state index is -1.55. The molecule has 51 heavy (non-hydrogen) atoms. The van der Waals surface area contributed by atoms with Crippen LogP contribution in [0.5, 0.6) is 0 Å². The molecule has 1 aliphatic heterocycles. The first-order chi connectivity index (χ1) is 24.6. The van der Waals surface area contributed by atoms with Crippen molar-refractivity contribution in [3.63, 3.8) is 0 Å². The molecule has 0 aromatic heterocycles. The number of hydrogen-bond donors (Lipinski definition) is 0. The molecule has 9 heteroatoms. The lowest BCUT2D eigenvalue weighted by atomic mass is 9.82. The van der Waals surface area contributed by atoms with Crippen molar-refractivity contribution in [2.75, 3.05) is 39.5 Å². The fourth-order valence-corrected chi connectivity index (χ4v) is 7.58. The molecular weight excluding hydrogens is 664 g/mol. The highest BCUT2D eigenvalue weighted by atomic mass is 19.2. The second-order valence-corrected chi connectivity index (χ2v) is 13.0. The van der Waals surface area contributed by atoms with Gasteiger partial charge in [0.1, 0.15) is 26.2 Å². The lowest BCUT2D eigenvalue weighted by Crippen LogP contribution is -2.50. The topological polar surface area (TPSA) is 18.5 Å². The van der Waals surface area contributed by atoms with Gasteiger partial charge in [0, 0.05) is 35.5 Å². The SMILES string of the molecule is CCOCC[N+]1(CCOCC)Cc2c(-c3cc(F)c(F)c(F)c3)cc3ccccc3c2-c2c(c(-c3cc(F)c(F)c(F)c3)cc3ccccc23)C1. The molecule has 1 heterocycles. The van der Waals surface area contributed by atoms with E-state index < -0.39 is 34.9 Å². The number of halogens is 6. The molecule has 0 amide bonds. The lowest BCUT2D eigenvalue weighted by molar-refractivity contribution is -0.953. The van der Waals surface area contributed by atoms with Gasteiger partial charge in [-0.05, 0) is 94.0 Å². The molecule has 0 fully saturated rings. The zero-order valence-corrected chi connectivity index (χ0v) is 28.3. The molecule has 0 aliphatic carbocycles. The van der Waals surface area contributed by atoms with Crippen LogP contribution < -0.4 is 0 Å². The van der Waals surface area contributed by atoms with E-state index in [-0.39, 0.29) is 11.1 Å². The Morgan fingerprint density at radius 3 is 1.27 bits per heavy atom. The Morgan fingerprint density at radius 1 is 0.529 bits per heavy atom. The molecule has 0 bridgehead atoms. The monoisotopic (exact) mass is 700 g/mol. The Morgan fingerprint density at radius 2 is 0.902 bits per heavy atom. The minimum absolute atomic E-state index is 0.174. The van der Waals surface area contributed by atoms with Gasteiger partial charge in [-0.25, -0.2) is 26.3 Å². The average molecular weight is 701 g/mol. The lowest BCUT2D eigenvalue weighted by Gasteiger charge is -2.39. The van der Waals surface area contributed by atoms with E-state index in [1.165, 1.54) is 0 Å². The van der Waals surface area contributed by atoms with E-state index >= 15 is 0 Å². The summed E-state index contributed by atoms with van der Waals surface area (Å²) < 4.78 is 101. The second kappa shape index (κ2) is 14.1. The summed E-state index contributed by atoms with van der Waals surface area (Å²) in [7, 11) is 0. The van der Waals surface area contributed by atoms with Crippen LogP contribution >= 0.6 is 0 Å². The number of hydrogen-bond acceptors (Lipinski definition) is 2. The number of ether oxygens (including phenoxy) is 2. The normalized spacial score (nSPS) is 13.7. The number of quaternary nitrogens is 1. The van der Waals surface area contributed by atoms with E-state index in [1.807, 2.05) is 74.5 Å². The van der Waals surface area contributed by atoms with Crippen molar-refractivity contribution in [2.24, 2.45) is 0 Å². The van der Waals surface area contributed by atoms with Crippen LogP contribution in [-0.2, 0) is 22.6 Å². The van der Waals surface area contributed by atoms with Crippen molar-refractivity contribution in [2.45, 2.75) is 26.9 Å². The summed E-state index contributed by atoms with van der Waals surface area (Å²) in [4.78, 5) is 0. The first-order valence-electron chi connectivity index (χ1n) is 17.0. The highest BCUT2D eigenvalue weighted by Crippen LogP contribution is 2.50. The van der Waals surface area contributed by atoms with E-state index in [0.29, 0.717) is 68.2 Å². The summed E-state index contributed by atoms with van der Waals surface area (Å²) in [6.45, 7) is 7.21. The maximum Gasteiger partial charge on any atom is 0.194 e. The Labute approximate surface area is 292 Å². The highest BCUT2D eigenvalue weighted by Gasteiger charge is 2.38. The van der Waals surface area contributed by atoms with Crippen molar-refractivity contribution < 1.29 is 40.3 Å². The summed E-state index contributed by atoms with van der Waals surface area (Å²) >= 11 is 0. The van der Waals surface area contributed by atoms with Crippen LogP contribution in [0.15, 0.2) is 84.9 Å². The third-order valence-electron chi connectivity index (χ3n) is 9.97. The van der Waals surface area contributed by atoms with Gasteiger partial charge in [0.05, 0.1) is 13.2 Å². The van der Waals surface area contributed by atoms with Gasteiger partial charge < -0.3 is 14.0 Å². The summed E-state index contributed by atoms with van der Waals surface area (Å²) in [6, 6.07) is 23.1. The maximum atomic E-state index is 15.0. The van der Waals surface area contributed by atoms with Crippen molar-refractivity contribution >= 4 is 21.5 Å². The molecule has 0 atom stereocenters. The van der Waals surface area contributed by atoms with Gasteiger partial charge in [0.15, 0.2) is 34.9 Å². The zero-order chi connectivity index (χ0) is 35.9. The van der Waals surface area contributed by atoms with Crippen molar-refractivity contribution in [1.82, 2.24) is 0 Å². The summed E-state index contributed by atoms with van der Waals surface area (Å²) in [5.74, 6) is -8.32. The van der Waals surface area contributed by atoms with Crippen LogP contribution in [0.3, 0.4) is 0 Å². The van der Waals surface area contributed by atoms with Gasteiger partial charge in [-0.2, -0.15) is 0 Å². The molecule has 1 aliphatic rings. The van der Waals surface area contributed by atoms with Gasteiger partial charge in [0.2, 0.25) is 0 Å². The largest absolute Gasteiger partial charge is 0.376 e. The predicted octanol–water partition coefficient (Wildman–Crippen LogP) is 10.7. The molecule has 0 saturated carbocycles. The maximum absolute atomic E-state index is 15.0. The highest BCUT2D eigenvalue weighted by molar-refractivity contribution is 6.12. The van der Waals surface area contributed by atoms with Gasteiger partial charge in [0.25, 0.3) is 0 Å². The first kappa shape index (κ1) is 34.7. The van der Waals surface area contributed by atoms with E-state index in [9.17, 15) is 26.3 Å². The molecule has 7 rings (SSSR count). The quantitative estimate of drug-likeness (QED) is 0.0613. The van der Waals surface area contributed by atoms with Crippen LogP contribution in [0.2, 0.25) is 0 Å². The third-order valence-corrected chi connectivity index (χ3v) is 9.97. The second-order valence-electron chi connectivity index (χ2n) is 13.0. The van der Waals surface area contributed by atoms with Crippen molar-refractivity contribution in [3.8, 4) is 33.4 Å². The van der Waals surface area contributed by atoms with Gasteiger partial charge >= 0.3 is 0 Å². The first-order valence-corrected chi connectivity index (χ1v) is 17.0. The van der Waals surface area contributed by atoms with Gasteiger partial charge in [-0.15, -0.1) is 0 Å². The summed E-state index contributed by atoms with van der Waals surface area (Å²) in [5, 5.41) is 3.27. The van der Waals surface area contributed by atoms with Gasteiger partial charge in [-0.3, -0.25) is 0 Å². The summed E-state index contributed by atoms with van der Waals surface area (Å²) in [6.07, 6.45) is 0. The van der Waals surface area contributed by atoms with Crippen molar-refractivity contribution in [1.29, 1.82) is 0 Å². The van der Waals surface area contributed by atoms with Crippen LogP contribution in [0.1, 0.15) is 25.0 Å². The van der Waals surface area contributed by atoms with E-state index in [1.54, 1.807) is 0 Å². The molecular formula is C42H36F6NO2+. The molecule has 0 N–H and O–H groups in total. The molecule has 6 aromatic rings. The Hall–Kier alpha value is -4.70. The number of rotatable bonds is 10. The molecule has 262 valence electrons. The standard InChI is InChI=1S/C42H36F6NO2/c1-3-50-15-13-49(14-16-51-4-2)23-33-31(27-19-35(43)41(47)36(44)20-27)17-25-9-5-7-11-29(25)39(33)40-30-12-8-6-10-26(30)18-32(34(40)24-49)28-21-37(45)42(48)38(46)22-28/h5-12,17-22H,3-4,13-16,23-24H2,1-2H3/q+1. The smallest absolute Gasteiger partial charge is 0.194 e. The fraction of sp³-hybridized carbons (Fsp3) is 0.238. The molecule has 0 unspecified atom stereocenters. The average Bonchev–Trinajstić information content (AvgIpc) is 3.27.